The fourth-order valence-corrected chi connectivity index (χ4v) is 10.6. The number of carbonyl (C=O) groups excluding carboxylic acids is 3. The molecule has 0 radical (unpaired) electrons. The Morgan fingerprint density at radius 2 is 1.67 bits per heavy atom. The van der Waals surface area contributed by atoms with Gasteiger partial charge in [0.05, 0.1) is 27.8 Å². The van der Waals surface area contributed by atoms with Gasteiger partial charge in [-0.3, -0.25) is 9.69 Å². The lowest BCUT2D eigenvalue weighted by molar-refractivity contribution is -0.173. The molecule has 5 aromatic rings. The summed E-state index contributed by atoms with van der Waals surface area (Å²) >= 11 is 0. The summed E-state index contributed by atoms with van der Waals surface area (Å²) in [7, 11) is 0. The van der Waals surface area contributed by atoms with Crippen LogP contribution in [0.4, 0.5) is 4.79 Å². The zero-order chi connectivity index (χ0) is 41.0. The van der Waals surface area contributed by atoms with Crippen LogP contribution in [0, 0.1) is 5.92 Å². The Morgan fingerprint density at radius 1 is 0.917 bits per heavy atom. The highest BCUT2D eigenvalue weighted by Gasteiger charge is 2.73. The average Bonchev–Trinajstić information content (AvgIpc) is 3.90. The minimum absolute atomic E-state index is 0.0601. The maximum Gasteiger partial charge on any atom is 0.407 e. The van der Waals surface area contributed by atoms with Gasteiger partial charge in [0, 0.05) is 36.5 Å². The number of amides is 2. The summed E-state index contributed by atoms with van der Waals surface area (Å²) in [5.41, 5.74) is 4.49. The quantitative estimate of drug-likeness (QED) is 0.0622. The topological polar surface area (TPSA) is 162 Å². The second kappa shape index (κ2) is 15.3. The Bertz CT molecular complexity index is 2450. The van der Waals surface area contributed by atoms with Gasteiger partial charge in [-0.25, -0.2) is 9.59 Å². The van der Waals surface area contributed by atoms with Crippen molar-refractivity contribution in [3.8, 4) is 11.5 Å². The van der Waals surface area contributed by atoms with Crippen LogP contribution in [0.2, 0.25) is 0 Å². The lowest BCUT2D eigenvalue weighted by atomic mass is 9.49. The second-order valence-electron chi connectivity index (χ2n) is 17.3. The zero-order valence-corrected chi connectivity index (χ0v) is 33.5. The van der Waals surface area contributed by atoms with Crippen LogP contribution in [0.1, 0.15) is 88.5 Å². The third-order valence-corrected chi connectivity index (χ3v) is 13.7. The highest BCUT2D eigenvalue weighted by Crippen LogP contribution is 2.69. The number of carbonyl (C=O) groups is 3. The van der Waals surface area contributed by atoms with Crippen molar-refractivity contribution in [1.29, 1.82) is 0 Å². The second-order valence-corrected chi connectivity index (χ2v) is 17.3. The van der Waals surface area contributed by atoms with E-state index in [4.69, 9.17) is 14.2 Å². The number of hydrogen-bond donors (Lipinski definition) is 5. The van der Waals surface area contributed by atoms with Gasteiger partial charge in [-0.15, -0.1) is 0 Å². The Hall–Kier alpha value is -5.85. The number of nitrogens with one attached hydrogen (secondary N) is 3. The number of H-pyrrole nitrogens is 1. The van der Waals surface area contributed by atoms with E-state index in [9.17, 15) is 24.6 Å². The molecule has 2 fully saturated rings. The third kappa shape index (κ3) is 6.57. The molecule has 310 valence electrons. The molecule has 60 heavy (non-hydrogen) atoms. The molecule has 12 nitrogen and oxygen atoms in total. The number of unbranched alkanes of at least 4 members (excludes halogenated alkanes) is 1. The van der Waals surface area contributed by atoms with Crippen molar-refractivity contribution in [2.75, 3.05) is 19.6 Å². The lowest BCUT2D eigenvalue weighted by Crippen LogP contribution is -2.74. The van der Waals surface area contributed by atoms with Crippen molar-refractivity contribution in [3.63, 3.8) is 0 Å². The summed E-state index contributed by atoms with van der Waals surface area (Å²) in [6, 6.07) is 27.0. The van der Waals surface area contributed by atoms with E-state index in [0.29, 0.717) is 61.4 Å². The van der Waals surface area contributed by atoms with E-state index in [1.54, 1.807) is 12.1 Å². The minimum atomic E-state index is -1.17. The number of aromatic nitrogens is 1. The number of phenolic OH excluding ortho intramolecular Hbond substituents is 1. The van der Waals surface area contributed by atoms with Crippen molar-refractivity contribution in [2.24, 2.45) is 5.92 Å². The number of aromatic amines is 1. The number of hydrogen-bond acceptors (Lipinski definition) is 9. The Labute approximate surface area is 348 Å². The number of esters is 1. The highest BCUT2D eigenvalue weighted by atomic mass is 16.5. The van der Waals surface area contributed by atoms with Crippen LogP contribution in [0.3, 0.4) is 0 Å². The number of piperidine rings is 1. The maximum atomic E-state index is 14.4. The average molecular weight is 811 g/mol. The first-order valence-electron chi connectivity index (χ1n) is 21.3. The van der Waals surface area contributed by atoms with Crippen LogP contribution in [0.15, 0.2) is 91.0 Å². The van der Waals surface area contributed by atoms with Gasteiger partial charge in [-0.2, -0.15) is 0 Å². The van der Waals surface area contributed by atoms with E-state index in [-0.39, 0.29) is 31.4 Å². The van der Waals surface area contributed by atoms with E-state index in [0.717, 1.165) is 52.0 Å². The minimum Gasteiger partial charge on any atom is -0.504 e. The van der Waals surface area contributed by atoms with E-state index in [2.05, 4.69) is 20.5 Å². The summed E-state index contributed by atoms with van der Waals surface area (Å²) in [5, 5.41) is 31.0. The first-order chi connectivity index (χ1) is 29.2. The molecule has 2 bridgehead atoms. The molecule has 1 aromatic heterocycles. The molecule has 3 aliphatic carbocycles. The van der Waals surface area contributed by atoms with Gasteiger partial charge < -0.3 is 40.0 Å². The fourth-order valence-electron chi connectivity index (χ4n) is 10.6. The van der Waals surface area contributed by atoms with Gasteiger partial charge in [0.2, 0.25) is 0 Å². The number of phenols is 1. The van der Waals surface area contributed by atoms with E-state index < -0.39 is 41.1 Å². The molecular weight excluding hydrogens is 761 g/mol. The predicted octanol–water partition coefficient (Wildman–Crippen LogP) is 6.51. The molecule has 12 heteroatoms. The van der Waals surface area contributed by atoms with Crippen molar-refractivity contribution in [2.45, 2.75) is 93.8 Å². The number of ether oxygens (including phenoxy) is 3. The summed E-state index contributed by atoms with van der Waals surface area (Å²) in [4.78, 5) is 46.5. The lowest BCUT2D eigenvalue weighted by Gasteiger charge is -2.62. The molecular formula is C48H50N4O8. The number of alkyl carbamates (subject to hydrolysis) is 1. The summed E-state index contributed by atoms with van der Waals surface area (Å²) in [6.45, 7) is 2.35. The SMILES string of the molecule is O=C(NCCCC[C@H](NC(=O)c1cccc2c3c([nH]c12)[C@@H]1Oc2c(O)ccc4c2[C@@]12CCN(CC1CC1)[C@@H](C4)[C@]2(O)C3)C(=O)OCc1ccccc1)OCc1ccccc1. The first kappa shape index (κ1) is 38.4. The molecule has 10 rings (SSSR count). The Balaban J connectivity index is 0.898. The molecule has 5 N–H and O–H groups in total. The maximum absolute atomic E-state index is 14.4. The number of likely N-dealkylation sites (tertiary alicyclic amines) is 1. The smallest absolute Gasteiger partial charge is 0.407 e. The van der Waals surface area contributed by atoms with E-state index in [1.807, 2.05) is 78.9 Å². The van der Waals surface area contributed by atoms with Crippen molar-refractivity contribution >= 4 is 28.9 Å². The highest BCUT2D eigenvalue weighted by molar-refractivity contribution is 6.08. The van der Waals surface area contributed by atoms with Crippen LogP contribution in [0.25, 0.3) is 10.9 Å². The van der Waals surface area contributed by atoms with Gasteiger partial charge in [0.25, 0.3) is 5.91 Å². The number of aromatic hydroxyl groups is 1. The Kier molecular flexibility index (Phi) is 9.79. The standard InChI is InChI=1S/C48H50N4O8/c53-37-20-19-32-24-38-48(57)25-35-33-14-9-15-34(40(33)51-41(35)43-47(48,39(32)42(37)60-43)21-23-52(38)26-29-17-18-29)44(54)50-36(45(55)58-27-30-10-3-1-4-11-30)16-7-8-22-49-46(56)59-28-31-12-5-2-6-13-31/h1-6,9-15,19-20,29,36,38,43,51,53,57H,7-8,16-18,21-28H2,(H,49,56)(H,50,54)/t36-,38-,43-,47-,48+/m0/s1. The van der Waals surface area contributed by atoms with Crippen molar-refractivity contribution in [1.82, 2.24) is 20.5 Å². The van der Waals surface area contributed by atoms with E-state index in [1.165, 1.54) is 12.8 Å². The number of nitrogens with zero attached hydrogens (tertiary/aromatic N) is 1. The number of para-hydroxylation sites is 1. The van der Waals surface area contributed by atoms with Crippen molar-refractivity contribution < 1.29 is 38.8 Å². The molecule has 1 saturated carbocycles. The van der Waals surface area contributed by atoms with E-state index >= 15 is 0 Å². The molecule has 1 spiro atoms. The van der Waals surface area contributed by atoms with Crippen LogP contribution in [-0.4, -0.2) is 75.4 Å². The summed E-state index contributed by atoms with van der Waals surface area (Å²) in [5.74, 6) is 0.184. The molecule has 1 saturated heterocycles. The first-order valence-corrected chi connectivity index (χ1v) is 21.3. The molecule has 4 aromatic carbocycles. The van der Waals surface area contributed by atoms with Crippen molar-refractivity contribution in [3.05, 3.63) is 130 Å². The number of benzene rings is 4. The van der Waals surface area contributed by atoms with Gasteiger partial charge in [0.15, 0.2) is 17.6 Å². The number of aliphatic hydroxyl groups is 1. The van der Waals surface area contributed by atoms with Crippen LogP contribution in [0.5, 0.6) is 11.5 Å². The Morgan fingerprint density at radius 3 is 2.42 bits per heavy atom. The molecule has 5 aliphatic rings. The van der Waals surface area contributed by atoms with Gasteiger partial charge >= 0.3 is 12.1 Å². The zero-order valence-electron chi connectivity index (χ0n) is 33.5. The number of fused-ring (bicyclic) bond motifs is 4. The molecule has 0 unspecified atom stereocenters. The van der Waals surface area contributed by atoms with Gasteiger partial charge in [-0.05, 0) is 91.8 Å². The number of rotatable bonds is 14. The molecule has 2 aliphatic heterocycles. The third-order valence-electron chi connectivity index (χ3n) is 13.7. The summed E-state index contributed by atoms with van der Waals surface area (Å²) in [6.07, 6.45) is 4.39. The molecule has 5 atom stereocenters. The monoisotopic (exact) mass is 810 g/mol. The largest absolute Gasteiger partial charge is 0.504 e. The van der Waals surface area contributed by atoms with Gasteiger partial charge in [-0.1, -0.05) is 78.9 Å². The van der Waals surface area contributed by atoms with Gasteiger partial charge in [0.1, 0.15) is 19.3 Å². The molecule has 3 heterocycles. The predicted molar refractivity (Wildman–Crippen MR) is 222 cm³/mol. The van der Waals surface area contributed by atoms with Crippen LogP contribution >= 0.6 is 0 Å². The normalized spacial score (nSPS) is 23.8. The van der Waals surface area contributed by atoms with Crippen LogP contribution < -0.4 is 15.4 Å². The van der Waals surface area contributed by atoms with Crippen LogP contribution in [-0.2, 0) is 45.7 Å². The fraction of sp³-hybridized carbons (Fsp3) is 0.396. The molecule has 2 amide bonds. The summed E-state index contributed by atoms with van der Waals surface area (Å²) < 4.78 is 17.8.